The summed E-state index contributed by atoms with van der Waals surface area (Å²) in [5.74, 6) is 0.756. The first-order valence-electron chi connectivity index (χ1n) is 14.5. The Labute approximate surface area is 235 Å². The maximum atomic E-state index is 13.2. The highest BCUT2D eigenvalue weighted by Gasteiger charge is 2.12. The van der Waals surface area contributed by atoms with Crippen LogP contribution in [-0.4, -0.2) is 22.5 Å². The molecule has 3 rings (SSSR count). The van der Waals surface area contributed by atoms with Crippen LogP contribution >= 0.6 is 11.8 Å². The minimum Gasteiger partial charge on any atom is -0.370 e. The molecule has 38 heavy (non-hydrogen) atoms. The van der Waals surface area contributed by atoms with E-state index in [0.29, 0.717) is 5.65 Å². The minimum atomic E-state index is -0.0411. The fraction of sp³-hybridized carbons (Fsp3) is 0.515. The number of hydrogen-bond donors (Lipinski definition) is 0. The van der Waals surface area contributed by atoms with E-state index in [-0.39, 0.29) is 5.56 Å². The second-order valence-corrected chi connectivity index (χ2v) is 11.3. The van der Waals surface area contributed by atoms with Crippen LogP contribution < -0.4 is 10.5 Å². The average molecular weight is 536 g/mol. The zero-order chi connectivity index (χ0) is 28.2. The number of hydrogen-bond acceptors (Lipinski definition) is 4. The molecule has 0 amide bonds. The van der Waals surface area contributed by atoms with Gasteiger partial charge in [0.15, 0.2) is 0 Å². The van der Waals surface area contributed by atoms with Crippen molar-refractivity contribution in [3.63, 3.8) is 0 Å². The van der Waals surface area contributed by atoms with E-state index in [0.717, 1.165) is 48.8 Å². The third-order valence-electron chi connectivity index (χ3n) is 7.20. The maximum absolute atomic E-state index is 13.2. The number of aromatic nitrogens is 2. The molecule has 0 aliphatic rings. The van der Waals surface area contributed by atoms with Crippen LogP contribution in [0.25, 0.3) is 16.9 Å². The Bertz CT molecular complexity index is 1260. The molecule has 4 nitrogen and oxygen atoms in total. The molecule has 2 aromatic heterocycles. The van der Waals surface area contributed by atoms with Crippen molar-refractivity contribution in [2.75, 3.05) is 18.0 Å². The van der Waals surface area contributed by atoms with Gasteiger partial charge in [-0.2, -0.15) is 0 Å². The minimum absolute atomic E-state index is 0.0411. The summed E-state index contributed by atoms with van der Waals surface area (Å²) in [4.78, 5) is 23.0. The van der Waals surface area contributed by atoms with E-state index >= 15 is 0 Å². The highest BCUT2D eigenvalue weighted by atomic mass is 32.2. The lowest BCUT2D eigenvalue weighted by Crippen LogP contribution is -2.26. The van der Waals surface area contributed by atoms with Crippen LogP contribution in [0, 0.1) is 12.8 Å². The van der Waals surface area contributed by atoms with Gasteiger partial charge >= 0.3 is 0 Å². The Hall–Kier alpha value is -2.53. The van der Waals surface area contributed by atoms with Gasteiger partial charge in [0.2, 0.25) is 0 Å². The van der Waals surface area contributed by atoms with Gasteiger partial charge in [0.25, 0.3) is 5.56 Å². The Morgan fingerprint density at radius 1 is 1.05 bits per heavy atom. The number of allylic oxidation sites excluding steroid dienone is 2. The zero-order valence-electron chi connectivity index (χ0n) is 25.2. The maximum Gasteiger partial charge on any atom is 0.258 e. The summed E-state index contributed by atoms with van der Waals surface area (Å²) >= 11 is 1.80. The number of benzene rings is 1. The van der Waals surface area contributed by atoms with Gasteiger partial charge in [0.05, 0.1) is 11.4 Å². The van der Waals surface area contributed by atoms with Crippen LogP contribution in [0.3, 0.4) is 0 Å². The number of thioether (sulfide) groups is 1. The molecule has 0 spiro atoms. The lowest BCUT2D eigenvalue weighted by Gasteiger charge is -2.25. The average Bonchev–Trinajstić information content (AvgIpc) is 2.93. The Morgan fingerprint density at radius 2 is 1.79 bits per heavy atom. The highest BCUT2D eigenvalue weighted by Crippen LogP contribution is 2.34. The van der Waals surface area contributed by atoms with Crippen LogP contribution in [0.1, 0.15) is 93.1 Å². The number of anilines is 1. The van der Waals surface area contributed by atoms with Crippen LogP contribution in [0.2, 0.25) is 0 Å². The number of aryl methyl sites for hydroxylation is 1. The second kappa shape index (κ2) is 15.8. The molecule has 5 heteroatoms. The number of nitrogens with zero attached hydrogens (tertiary/aromatic N) is 3. The van der Waals surface area contributed by atoms with Crippen LogP contribution in [-0.2, 0) is 0 Å². The number of pyridine rings is 1. The quantitative estimate of drug-likeness (QED) is 0.216. The molecule has 1 atom stereocenters. The summed E-state index contributed by atoms with van der Waals surface area (Å²) in [5, 5.41) is 0. The van der Waals surface area contributed by atoms with Gasteiger partial charge in [-0.3, -0.25) is 9.20 Å². The standard InChI is InChI=1S/C31H43N3OS.C2H6/c1-8-17-33(18-11-12-22(4)9-2)27-15-16-30-32-28(20-31(35)34(30)21-27)26-14-13-24(6)29(19-26)36-25(7)23(5)10-3;1-2/h13-16,19-22H,8-12,17-18H2,1-7H3;1-2H3/b25-23+;. The fourth-order valence-corrected chi connectivity index (χ4v) is 5.33. The van der Waals surface area contributed by atoms with E-state index in [1.54, 1.807) is 22.2 Å². The monoisotopic (exact) mass is 535 g/mol. The Morgan fingerprint density at radius 3 is 2.45 bits per heavy atom. The summed E-state index contributed by atoms with van der Waals surface area (Å²) < 4.78 is 1.69. The Kier molecular flexibility index (Phi) is 13.2. The van der Waals surface area contributed by atoms with E-state index in [1.165, 1.54) is 40.2 Å². The van der Waals surface area contributed by atoms with Gasteiger partial charge in [-0.25, -0.2) is 4.98 Å². The smallest absolute Gasteiger partial charge is 0.258 e. The summed E-state index contributed by atoms with van der Waals surface area (Å²) in [6, 6.07) is 12.1. The molecule has 1 aromatic carbocycles. The topological polar surface area (TPSA) is 37.6 Å². The SMILES string of the molecule is CC.CCCN(CCCC(C)CC)c1ccc2nc(-c3ccc(C)c(S/C(C)=C(\C)CC)c3)cc(=O)n2c1. The second-order valence-electron chi connectivity index (χ2n) is 10.0. The molecule has 0 saturated carbocycles. The van der Waals surface area contributed by atoms with E-state index in [4.69, 9.17) is 4.98 Å². The molecule has 0 N–H and O–H groups in total. The molecule has 3 aromatic rings. The van der Waals surface area contributed by atoms with Gasteiger partial charge in [0.1, 0.15) is 5.65 Å². The molecule has 0 saturated heterocycles. The van der Waals surface area contributed by atoms with Crippen molar-refractivity contribution in [3.8, 4) is 11.3 Å². The summed E-state index contributed by atoms with van der Waals surface area (Å²) in [7, 11) is 0. The molecule has 0 aliphatic heterocycles. The van der Waals surface area contributed by atoms with Crippen molar-refractivity contribution in [2.24, 2.45) is 5.92 Å². The molecule has 0 radical (unpaired) electrons. The van der Waals surface area contributed by atoms with Crippen molar-refractivity contribution in [3.05, 3.63) is 69.0 Å². The normalized spacial score (nSPS) is 12.6. The van der Waals surface area contributed by atoms with Crippen molar-refractivity contribution < 1.29 is 0 Å². The molecule has 2 heterocycles. The predicted octanol–water partition coefficient (Wildman–Crippen LogP) is 9.53. The third kappa shape index (κ3) is 8.49. The largest absolute Gasteiger partial charge is 0.370 e. The first kappa shape index (κ1) is 31.7. The van der Waals surface area contributed by atoms with Crippen LogP contribution in [0.5, 0.6) is 0 Å². The summed E-state index contributed by atoms with van der Waals surface area (Å²) in [6.07, 6.45) is 7.72. The van der Waals surface area contributed by atoms with Gasteiger partial charge in [-0.1, -0.05) is 77.4 Å². The molecule has 0 bridgehead atoms. The van der Waals surface area contributed by atoms with Gasteiger partial charge < -0.3 is 4.90 Å². The molecule has 208 valence electrons. The fourth-order valence-electron chi connectivity index (χ4n) is 4.27. The Balaban J connectivity index is 0.00000247. The van der Waals surface area contributed by atoms with Gasteiger partial charge in [-0.15, -0.1) is 0 Å². The van der Waals surface area contributed by atoms with Crippen molar-refractivity contribution in [2.45, 2.75) is 99.3 Å². The van der Waals surface area contributed by atoms with E-state index in [2.05, 4.69) is 77.6 Å². The summed E-state index contributed by atoms with van der Waals surface area (Å²) in [6.45, 7) is 21.5. The van der Waals surface area contributed by atoms with Gasteiger partial charge in [0, 0.05) is 35.8 Å². The molecular formula is C33H49N3OS. The van der Waals surface area contributed by atoms with Crippen LogP contribution in [0.15, 0.2) is 62.8 Å². The first-order chi connectivity index (χ1) is 18.3. The van der Waals surface area contributed by atoms with Crippen LogP contribution in [0.4, 0.5) is 5.69 Å². The first-order valence-corrected chi connectivity index (χ1v) is 15.3. The molecule has 0 aliphatic carbocycles. The van der Waals surface area contributed by atoms with Crippen molar-refractivity contribution in [1.82, 2.24) is 9.38 Å². The molecule has 0 fully saturated rings. The molecule has 1 unspecified atom stereocenters. The zero-order valence-corrected chi connectivity index (χ0v) is 26.0. The van der Waals surface area contributed by atoms with E-state index in [9.17, 15) is 4.79 Å². The van der Waals surface area contributed by atoms with E-state index < -0.39 is 0 Å². The number of rotatable bonds is 12. The predicted molar refractivity (Wildman–Crippen MR) is 169 cm³/mol. The third-order valence-corrected chi connectivity index (χ3v) is 8.52. The van der Waals surface area contributed by atoms with E-state index in [1.807, 2.05) is 26.1 Å². The number of fused-ring (bicyclic) bond motifs is 1. The van der Waals surface area contributed by atoms with Crippen molar-refractivity contribution in [1.29, 1.82) is 0 Å². The van der Waals surface area contributed by atoms with Crippen molar-refractivity contribution >= 4 is 23.1 Å². The molecular weight excluding hydrogens is 486 g/mol. The lowest BCUT2D eigenvalue weighted by atomic mass is 10.0. The summed E-state index contributed by atoms with van der Waals surface area (Å²) in [5.41, 5.74) is 6.07. The van der Waals surface area contributed by atoms with Gasteiger partial charge in [-0.05, 0) is 81.0 Å². The lowest BCUT2D eigenvalue weighted by molar-refractivity contribution is 0.493. The highest BCUT2D eigenvalue weighted by molar-refractivity contribution is 8.03.